The molecule has 0 saturated carbocycles. The molecule has 0 aromatic heterocycles. The lowest BCUT2D eigenvalue weighted by atomic mass is 10.0. The second kappa shape index (κ2) is 5.70. The monoisotopic (exact) mass is 333 g/mol. The molecule has 2 aromatic carbocycles. The summed E-state index contributed by atoms with van der Waals surface area (Å²) in [6, 6.07) is 17.9. The highest BCUT2D eigenvalue weighted by Crippen LogP contribution is 2.39. The summed E-state index contributed by atoms with van der Waals surface area (Å²) in [4.78, 5) is 1.42. The Balaban J connectivity index is 1.78. The minimum atomic E-state index is 0.340. The standard InChI is InChI=1S/C16H16BrNS/c1-11(12-6-2-4-8-14(12)17)18-15-10-19-16-9-5-3-7-13(15)16/h2-9,11,15,18H,10H2,1H3/t11-,15?/m0/s1. The van der Waals surface area contributed by atoms with Crippen LogP contribution in [-0.2, 0) is 0 Å². The van der Waals surface area contributed by atoms with Crippen molar-refractivity contribution in [3.63, 3.8) is 0 Å². The molecule has 2 aromatic rings. The third kappa shape index (κ3) is 2.73. The molecule has 0 saturated heterocycles. The molecular weight excluding hydrogens is 318 g/mol. The third-order valence-electron chi connectivity index (χ3n) is 3.52. The summed E-state index contributed by atoms with van der Waals surface area (Å²) >= 11 is 5.58. The van der Waals surface area contributed by atoms with Crippen molar-refractivity contribution in [3.8, 4) is 0 Å². The zero-order chi connectivity index (χ0) is 13.2. The fourth-order valence-electron chi connectivity index (χ4n) is 2.52. The lowest BCUT2D eigenvalue weighted by Gasteiger charge is -2.21. The van der Waals surface area contributed by atoms with E-state index in [1.165, 1.54) is 20.5 Å². The first-order valence-electron chi connectivity index (χ1n) is 6.48. The number of halogens is 1. The highest BCUT2D eigenvalue weighted by Gasteiger charge is 2.24. The molecule has 1 unspecified atom stereocenters. The summed E-state index contributed by atoms with van der Waals surface area (Å²) < 4.78 is 1.17. The van der Waals surface area contributed by atoms with Crippen LogP contribution in [0, 0.1) is 0 Å². The molecule has 98 valence electrons. The fourth-order valence-corrected chi connectivity index (χ4v) is 4.32. The van der Waals surface area contributed by atoms with Gasteiger partial charge in [0.05, 0.1) is 0 Å². The molecule has 0 amide bonds. The molecule has 0 spiro atoms. The van der Waals surface area contributed by atoms with Crippen LogP contribution >= 0.6 is 27.7 Å². The first-order chi connectivity index (χ1) is 9.25. The maximum absolute atomic E-state index is 3.74. The van der Waals surface area contributed by atoms with Crippen LogP contribution in [-0.4, -0.2) is 5.75 Å². The van der Waals surface area contributed by atoms with Gasteiger partial charge in [-0.1, -0.05) is 52.3 Å². The molecule has 2 atom stereocenters. The van der Waals surface area contributed by atoms with E-state index in [0.717, 1.165) is 5.75 Å². The van der Waals surface area contributed by atoms with Crippen molar-refractivity contribution in [2.24, 2.45) is 0 Å². The van der Waals surface area contributed by atoms with Crippen molar-refractivity contribution >= 4 is 27.7 Å². The van der Waals surface area contributed by atoms with Crippen LogP contribution in [0.3, 0.4) is 0 Å². The predicted octanol–water partition coefficient (Wildman–Crippen LogP) is 4.95. The van der Waals surface area contributed by atoms with E-state index in [0.29, 0.717) is 12.1 Å². The van der Waals surface area contributed by atoms with Crippen molar-refractivity contribution in [2.75, 3.05) is 5.75 Å². The Bertz CT molecular complexity index is 584. The van der Waals surface area contributed by atoms with Gasteiger partial charge < -0.3 is 5.32 Å². The molecule has 1 N–H and O–H groups in total. The smallest absolute Gasteiger partial charge is 0.0431 e. The lowest BCUT2D eigenvalue weighted by Crippen LogP contribution is -2.24. The number of thioether (sulfide) groups is 1. The van der Waals surface area contributed by atoms with Crippen LogP contribution in [0.15, 0.2) is 57.9 Å². The molecule has 1 aliphatic heterocycles. The fraction of sp³-hybridized carbons (Fsp3) is 0.250. The Labute approximate surface area is 126 Å². The van der Waals surface area contributed by atoms with Gasteiger partial charge >= 0.3 is 0 Å². The van der Waals surface area contributed by atoms with Gasteiger partial charge in [-0.2, -0.15) is 0 Å². The molecule has 0 aliphatic carbocycles. The molecule has 1 heterocycles. The van der Waals surface area contributed by atoms with Crippen molar-refractivity contribution in [1.82, 2.24) is 5.32 Å². The van der Waals surface area contributed by atoms with Gasteiger partial charge in [0.1, 0.15) is 0 Å². The Hall–Kier alpha value is -0.770. The number of hydrogen-bond donors (Lipinski definition) is 1. The Morgan fingerprint density at radius 1 is 1.16 bits per heavy atom. The van der Waals surface area contributed by atoms with E-state index >= 15 is 0 Å². The summed E-state index contributed by atoms with van der Waals surface area (Å²) in [5.41, 5.74) is 2.75. The maximum Gasteiger partial charge on any atom is 0.0431 e. The lowest BCUT2D eigenvalue weighted by molar-refractivity contribution is 0.500. The quantitative estimate of drug-likeness (QED) is 0.853. The van der Waals surface area contributed by atoms with E-state index in [-0.39, 0.29) is 0 Å². The van der Waals surface area contributed by atoms with Gasteiger partial charge in [0.15, 0.2) is 0 Å². The van der Waals surface area contributed by atoms with E-state index in [1.807, 2.05) is 11.8 Å². The molecule has 0 fully saturated rings. The van der Waals surface area contributed by atoms with Gasteiger partial charge in [-0.05, 0) is 30.2 Å². The highest BCUT2D eigenvalue weighted by molar-refractivity contribution is 9.10. The van der Waals surface area contributed by atoms with Crippen LogP contribution in [0.2, 0.25) is 0 Å². The van der Waals surface area contributed by atoms with Crippen LogP contribution in [0.5, 0.6) is 0 Å². The zero-order valence-electron chi connectivity index (χ0n) is 10.8. The molecular formula is C16H16BrNS. The highest BCUT2D eigenvalue weighted by atomic mass is 79.9. The minimum absolute atomic E-state index is 0.340. The van der Waals surface area contributed by atoms with Gasteiger partial charge in [0.25, 0.3) is 0 Å². The van der Waals surface area contributed by atoms with Crippen molar-refractivity contribution in [3.05, 3.63) is 64.1 Å². The zero-order valence-corrected chi connectivity index (χ0v) is 13.2. The van der Waals surface area contributed by atoms with Gasteiger partial charge in [-0.25, -0.2) is 0 Å². The van der Waals surface area contributed by atoms with Crippen molar-refractivity contribution in [1.29, 1.82) is 0 Å². The number of rotatable bonds is 3. The topological polar surface area (TPSA) is 12.0 Å². The second-order valence-electron chi connectivity index (χ2n) is 4.81. The van der Waals surface area contributed by atoms with Crippen LogP contribution in [0.4, 0.5) is 0 Å². The minimum Gasteiger partial charge on any atom is -0.303 e. The summed E-state index contributed by atoms with van der Waals surface area (Å²) in [7, 11) is 0. The number of fused-ring (bicyclic) bond motifs is 1. The summed E-state index contributed by atoms with van der Waals surface area (Å²) in [6.45, 7) is 2.23. The number of benzene rings is 2. The van der Waals surface area contributed by atoms with Crippen molar-refractivity contribution in [2.45, 2.75) is 23.9 Å². The Morgan fingerprint density at radius 3 is 2.74 bits per heavy atom. The third-order valence-corrected chi connectivity index (χ3v) is 5.43. The summed E-state index contributed by atoms with van der Waals surface area (Å²) in [6.07, 6.45) is 0. The van der Waals surface area contributed by atoms with Crippen LogP contribution in [0.1, 0.15) is 30.1 Å². The Kier molecular flexibility index (Phi) is 3.96. The summed E-state index contributed by atoms with van der Waals surface area (Å²) in [5, 5.41) is 3.74. The van der Waals surface area contributed by atoms with E-state index in [1.54, 1.807) is 0 Å². The molecule has 1 nitrogen and oxygen atoms in total. The molecule has 1 aliphatic rings. The van der Waals surface area contributed by atoms with Gasteiger partial charge in [-0.3, -0.25) is 0 Å². The molecule has 3 rings (SSSR count). The van der Waals surface area contributed by atoms with E-state index in [9.17, 15) is 0 Å². The Morgan fingerprint density at radius 2 is 1.89 bits per heavy atom. The van der Waals surface area contributed by atoms with E-state index in [4.69, 9.17) is 0 Å². The van der Waals surface area contributed by atoms with Crippen molar-refractivity contribution < 1.29 is 0 Å². The van der Waals surface area contributed by atoms with Crippen LogP contribution < -0.4 is 5.32 Å². The van der Waals surface area contributed by atoms with Gasteiger partial charge in [0, 0.05) is 27.2 Å². The average Bonchev–Trinajstić information content (AvgIpc) is 2.83. The first-order valence-corrected chi connectivity index (χ1v) is 8.26. The number of nitrogens with one attached hydrogen (secondary N) is 1. The van der Waals surface area contributed by atoms with E-state index in [2.05, 4.69) is 76.7 Å². The molecule has 0 bridgehead atoms. The van der Waals surface area contributed by atoms with Gasteiger partial charge in [0.2, 0.25) is 0 Å². The largest absolute Gasteiger partial charge is 0.303 e. The SMILES string of the molecule is C[C@H](NC1CSc2ccccc21)c1ccccc1Br. The number of hydrogen-bond acceptors (Lipinski definition) is 2. The van der Waals surface area contributed by atoms with Crippen LogP contribution in [0.25, 0.3) is 0 Å². The normalized spacial score (nSPS) is 19.2. The predicted molar refractivity (Wildman–Crippen MR) is 85.6 cm³/mol. The summed E-state index contributed by atoms with van der Waals surface area (Å²) in [5.74, 6) is 1.12. The first kappa shape index (κ1) is 13.2. The molecule has 19 heavy (non-hydrogen) atoms. The van der Waals surface area contributed by atoms with E-state index < -0.39 is 0 Å². The molecule has 0 radical (unpaired) electrons. The molecule has 3 heteroatoms. The second-order valence-corrected chi connectivity index (χ2v) is 6.73. The average molecular weight is 334 g/mol. The maximum atomic E-state index is 3.74. The van der Waals surface area contributed by atoms with Gasteiger partial charge in [-0.15, -0.1) is 11.8 Å².